The number of pyridine rings is 1. The molecule has 100 valence electrons. The molecule has 0 bridgehead atoms. The highest BCUT2D eigenvalue weighted by molar-refractivity contribution is 7.11. The smallest absolute Gasteiger partial charge is 0.0975 e. The Kier molecular flexibility index (Phi) is 3.15. The second-order valence-electron chi connectivity index (χ2n) is 6.10. The molecule has 19 heavy (non-hydrogen) atoms. The first-order chi connectivity index (χ1) is 9.03. The van der Waals surface area contributed by atoms with Crippen LogP contribution in [0.3, 0.4) is 0 Å². The van der Waals surface area contributed by atoms with Crippen molar-refractivity contribution in [3.8, 4) is 0 Å². The van der Waals surface area contributed by atoms with Crippen LogP contribution in [0.4, 0.5) is 0 Å². The van der Waals surface area contributed by atoms with Crippen molar-refractivity contribution in [2.45, 2.75) is 39.2 Å². The summed E-state index contributed by atoms with van der Waals surface area (Å²) in [4.78, 5) is 10.2. The van der Waals surface area contributed by atoms with Crippen molar-refractivity contribution < 1.29 is 0 Å². The Hall–Kier alpha value is -1.26. The van der Waals surface area contributed by atoms with Gasteiger partial charge in [0.15, 0.2) is 0 Å². The van der Waals surface area contributed by atoms with Gasteiger partial charge in [-0.25, -0.2) is 4.98 Å². The monoisotopic (exact) mass is 273 g/mol. The predicted octanol–water partition coefficient (Wildman–Crippen LogP) is 3.10. The van der Waals surface area contributed by atoms with E-state index in [4.69, 9.17) is 10.7 Å². The Morgan fingerprint density at radius 3 is 2.84 bits per heavy atom. The Labute approximate surface area is 117 Å². The normalized spacial score (nSPS) is 21.1. The largest absolute Gasteiger partial charge is 0.323 e. The molecule has 2 heterocycles. The molecule has 0 saturated heterocycles. The van der Waals surface area contributed by atoms with E-state index < -0.39 is 0 Å². The molecule has 1 aliphatic rings. The van der Waals surface area contributed by atoms with Crippen LogP contribution in [0.5, 0.6) is 0 Å². The van der Waals surface area contributed by atoms with E-state index in [-0.39, 0.29) is 11.5 Å². The standard InChI is InChI=1S/C15H19N3S/c1-15(2)8-11(16)14-12(9-15)18-13(19-14)7-10-3-5-17-6-4-10/h3-6,11H,7-9,16H2,1-2H3. The van der Waals surface area contributed by atoms with Crippen molar-refractivity contribution in [1.29, 1.82) is 0 Å². The summed E-state index contributed by atoms with van der Waals surface area (Å²) < 4.78 is 0. The molecule has 3 rings (SSSR count). The highest BCUT2D eigenvalue weighted by Crippen LogP contribution is 2.42. The van der Waals surface area contributed by atoms with Gasteiger partial charge in [0.25, 0.3) is 0 Å². The molecular formula is C15H19N3S. The van der Waals surface area contributed by atoms with Crippen LogP contribution in [0.15, 0.2) is 24.5 Å². The maximum Gasteiger partial charge on any atom is 0.0975 e. The minimum atomic E-state index is 0.155. The Balaban J connectivity index is 1.87. The summed E-state index contributed by atoms with van der Waals surface area (Å²) in [5, 5.41) is 1.17. The Morgan fingerprint density at radius 1 is 1.37 bits per heavy atom. The third-order valence-corrected chi connectivity index (χ3v) is 4.86. The lowest BCUT2D eigenvalue weighted by Crippen LogP contribution is -2.28. The molecule has 2 aromatic rings. The van der Waals surface area contributed by atoms with E-state index >= 15 is 0 Å². The van der Waals surface area contributed by atoms with E-state index in [9.17, 15) is 0 Å². The number of nitrogens with zero attached hydrogens (tertiary/aromatic N) is 2. The van der Waals surface area contributed by atoms with E-state index in [0.29, 0.717) is 0 Å². The van der Waals surface area contributed by atoms with Gasteiger partial charge in [0, 0.05) is 29.7 Å². The zero-order valence-corrected chi connectivity index (χ0v) is 12.2. The number of hydrogen-bond acceptors (Lipinski definition) is 4. The zero-order valence-electron chi connectivity index (χ0n) is 11.4. The number of aromatic nitrogens is 2. The van der Waals surface area contributed by atoms with Gasteiger partial charge in [-0.15, -0.1) is 11.3 Å². The van der Waals surface area contributed by atoms with E-state index in [1.165, 1.54) is 21.1 Å². The minimum Gasteiger partial charge on any atom is -0.323 e. The molecule has 1 unspecified atom stereocenters. The molecule has 0 amide bonds. The maximum atomic E-state index is 6.29. The zero-order chi connectivity index (χ0) is 13.5. The second kappa shape index (κ2) is 4.69. The van der Waals surface area contributed by atoms with Crippen LogP contribution < -0.4 is 5.73 Å². The topological polar surface area (TPSA) is 51.8 Å². The number of fused-ring (bicyclic) bond motifs is 1. The fourth-order valence-corrected chi connectivity index (χ4v) is 3.91. The number of thiazole rings is 1. The van der Waals surface area contributed by atoms with Crippen LogP contribution in [0.25, 0.3) is 0 Å². The van der Waals surface area contributed by atoms with Crippen LogP contribution in [0.2, 0.25) is 0 Å². The molecule has 0 radical (unpaired) electrons. The number of rotatable bonds is 2. The predicted molar refractivity (Wildman–Crippen MR) is 78.2 cm³/mol. The molecule has 2 aromatic heterocycles. The molecule has 2 N–H and O–H groups in total. The lowest BCUT2D eigenvalue weighted by molar-refractivity contribution is 0.282. The Morgan fingerprint density at radius 2 is 2.11 bits per heavy atom. The SMILES string of the molecule is CC1(C)Cc2nc(Cc3ccncc3)sc2C(N)C1. The fourth-order valence-electron chi connectivity index (χ4n) is 2.79. The van der Waals surface area contributed by atoms with E-state index in [1.54, 1.807) is 11.3 Å². The van der Waals surface area contributed by atoms with Crippen molar-refractivity contribution in [3.05, 3.63) is 45.7 Å². The molecule has 4 heteroatoms. The molecule has 0 aliphatic heterocycles. The third kappa shape index (κ3) is 2.69. The van der Waals surface area contributed by atoms with Crippen LogP contribution in [0, 0.1) is 5.41 Å². The summed E-state index contributed by atoms with van der Waals surface area (Å²) in [5.74, 6) is 0. The van der Waals surface area contributed by atoms with Gasteiger partial charge in [0.2, 0.25) is 0 Å². The first-order valence-electron chi connectivity index (χ1n) is 6.66. The number of hydrogen-bond donors (Lipinski definition) is 1. The van der Waals surface area contributed by atoms with Gasteiger partial charge in [-0.05, 0) is 36.0 Å². The summed E-state index contributed by atoms with van der Waals surface area (Å²) in [5.41, 5.74) is 9.04. The molecule has 3 nitrogen and oxygen atoms in total. The van der Waals surface area contributed by atoms with Crippen molar-refractivity contribution in [2.24, 2.45) is 11.1 Å². The maximum absolute atomic E-state index is 6.29. The van der Waals surface area contributed by atoms with Crippen LogP contribution >= 0.6 is 11.3 Å². The first-order valence-corrected chi connectivity index (χ1v) is 7.48. The van der Waals surface area contributed by atoms with Gasteiger partial charge in [-0.3, -0.25) is 4.98 Å². The molecule has 0 aromatic carbocycles. The van der Waals surface area contributed by atoms with Crippen LogP contribution in [-0.4, -0.2) is 9.97 Å². The van der Waals surface area contributed by atoms with Gasteiger partial charge in [0.1, 0.15) is 0 Å². The minimum absolute atomic E-state index is 0.155. The highest BCUT2D eigenvalue weighted by atomic mass is 32.1. The second-order valence-corrected chi connectivity index (χ2v) is 7.22. The average molecular weight is 273 g/mol. The van der Waals surface area contributed by atoms with Gasteiger partial charge < -0.3 is 5.73 Å². The van der Waals surface area contributed by atoms with E-state index in [0.717, 1.165) is 19.3 Å². The molecule has 1 atom stereocenters. The van der Waals surface area contributed by atoms with Crippen LogP contribution in [-0.2, 0) is 12.8 Å². The quantitative estimate of drug-likeness (QED) is 0.914. The van der Waals surface area contributed by atoms with Crippen molar-refractivity contribution in [3.63, 3.8) is 0 Å². The highest BCUT2D eigenvalue weighted by Gasteiger charge is 2.33. The fraction of sp³-hybridized carbons (Fsp3) is 0.467. The Bertz CT molecular complexity index is 574. The molecule has 0 saturated carbocycles. The number of nitrogens with two attached hydrogens (primary N) is 1. The van der Waals surface area contributed by atoms with E-state index in [1.807, 2.05) is 24.5 Å². The van der Waals surface area contributed by atoms with Crippen molar-refractivity contribution in [2.75, 3.05) is 0 Å². The van der Waals surface area contributed by atoms with Crippen molar-refractivity contribution >= 4 is 11.3 Å². The molecular weight excluding hydrogens is 254 g/mol. The molecule has 1 aliphatic carbocycles. The lowest BCUT2D eigenvalue weighted by Gasteiger charge is -2.32. The van der Waals surface area contributed by atoms with Gasteiger partial charge in [-0.1, -0.05) is 13.8 Å². The summed E-state index contributed by atoms with van der Waals surface area (Å²) in [6.07, 6.45) is 6.64. The van der Waals surface area contributed by atoms with Crippen LogP contribution in [0.1, 0.15) is 47.5 Å². The van der Waals surface area contributed by atoms with Gasteiger partial charge in [0.05, 0.1) is 10.7 Å². The molecule has 0 fully saturated rings. The summed E-state index contributed by atoms with van der Waals surface area (Å²) in [6.45, 7) is 4.55. The summed E-state index contributed by atoms with van der Waals surface area (Å²) >= 11 is 1.78. The van der Waals surface area contributed by atoms with Crippen molar-refractivity contribution in [1.82, 2.24) is 9.97 Å². The lowest BCUT2D eigenvalue weighted by atomic mass is 9.77. The summed E-state index contributed by atoms with van der Waals surface area (Å²) in [6, 6.07) is 4.25. The van der Waals surface area contributed by atoms with E-state index in [2.05, 4.69) is 18.8 Å². The summed E-state index contributed by atoms with van der Waals surface area (Å²) in [7, 11) is 0. The first kappa shape index (κ1) is 12.8. The third-order valence-electron chi connectivity index (χ3n) is 3.63. The average Bonchev–Trinajstić information content (AvgIpc) is 2.71. The molecule has 0 spiro atoms. The van der Waals surface area contributed by atoms with Gasteiger partial charge >= 0.3 is 0 Å². The van der Waals surface area contributed by atoms with Gasteiger partial charge in [-0.2, -0.15) is 0 Å².